The SMILES string of the molecule is C=CC1CCCN1C1CSC1. The normalized spacial score (nSPS) is 33.6. The number of hydrogen-bond acceptors (Lipinski definition) is 2. The lowest BCUT2D eigenvalue weighted by molar-refractivity contribution is 0.232. The third-order valence-corrected chi connectivity index (χ3v) is 3.94. The second-order valence-electron chi connectivity index (χ2n) is 3.37. The largest absolute Gasteiger partial charge is 0.292 e. The summed E-state index contributed by atoms with van der Waals surface area (Å²) in [5.41, 5.74) is 0. The van der Waals surface area contributed by atoms with E-state index >= 15 is 0 Å². The van der Waals surface area contributed by atoms with E-state index in [0.29, 0.717) is 6.04 Å². The van der Waals surface area contributed by atoms with Gasteiger partial charge >= 0.3 is 0 Å². The zero-order valence-corrected chi connectivity index (χ0v) is 7.65. The van der Waals surface area contributed by atoms with Gasteiger partial charge in [-0.1, -0.05) is 6.08 Å². The highest BCUT2D eigenvalue weighted by Crippen LogP contribution is 2.29. The van der Waals surface area contributed by atoms with Crippen molar-refractivity contribution in [3.05, 3.63) is 12.7 Å². The Bertz CT molecular complexity index is 154. The van der Waals surface area contributed by atoms with Crippen LogP contribution in [0, 0.1) is 0 Å². The molecular weight excluding hydrogens is 154 g/mol. The van der Waals surface area contributed by atoms with Crippen LogP contribution in [0.4, 0.5) is 0 Å². The van der Waals surface area contributed by atoms with Crippen LogP contribution in [-0.4, -0.2) is 35.0 Å². The first-order chi connectivity index (χ1) is 5.42. The van der Waals surface area contributed by atoms with Crippen LogP contribution >= 0.6 is 11.8 Å². The van der Waals surface area contributed by atoms with E-state index in [0.717, 1.165) is 6.04 Å². The van der Waals surface area contributed by atoms with Crippen molar-refractivity contribution in [1.82, 2.24) is 4.90 Å². The topological polar surface area (TPSA) is 3.24 Å². The first-order valence-electron chi connectivity index (χ1n) is 4.38. The Balaban J connectivity index is 1.94. The molecule has 0 N–H and O–H groups in total. The summed E-state index contributed by atoms with van der Waals surface area (Å²) in [6, 6.07) is 1.58. The number of rotatable bonds is 2. The minimum atomic E-state index is 0.695. The van der Waals surface area contributed by atoms with E-state index in [1.54, 1.807) is 0 Å². The zero-order chi connectivity index (χ0) is 7.68. The fraction of sp³-hybridized carbons (Fsp3) is 0.778. The molecule has 2 heterocycles. The summed E-state index contributed by atoms with van der Waals surface area (Å²) in [6.45, 7) is 5.19. The number of nitrogens with zero attached hydrogens (tertiary/aromatic N) is 1. The maximum atomic E-state index is 3.89. The average Bonchev–Trinajstić information content (AvgIpc) is 2.32. The summed E-state index contributed by atoms with van der Waals surface area (Å²) in [6.07, 6.45) is 4.83. The van der Waals surface area contributed by atoms with Crippen LogP contribution in [0.2, 0.25) is 0 Å². The molecule has 2 aliphatic heterocycles. The molecule has 2 rings (SSSR count). The monoisotopic (exact) mass is 169 g/mol. The molecule has 1 unspecified atom stereocenters. The van der Waals surface area contributed by atoms with Gasteiger partial charge < -0.3 is 0 Å². The van der Waals surface area contributed by atoms with Crippen molar-refractivity contribution in [2.75, 3.05) is 18.1 Å². The molecule has 1 atom stereocenters. The van der Waals surface area contributed by atoms with E-state index in [1.165, 1.54) is 30.9 Å². The maximum Gasteiger partial charge on any atom is 0.0282 e. The second-order valence-corrected chi connectivity index (χ2v) is 4.45. The molecule has 2 aliphatic rings. The van der Waals surface area contributed by atoms with Gasteiger partial charge in [-0.15, -0.1) is 6.58 Å². The predicted octanol–water partition coefficient (Wildman–Crippen LogP) is 1.75. The lowest BCUT2D eigenvalue weighted by Crippen LogP contribution is -2.46. The Morgan fingerprint density at radius 1 is 1.45 bits per heavy atom. The van der Waals surface area contributed by atoms with Gasteiger partial charge in [-0.2, -0.15) is 11.8 Å². The molecule has 0 aliphatic carbocycles. The van der Waals surface area contributed by atoms with Crippen molar-refractivity contribution < 1.29 is 0 Å². The standard InChI is InChI=1S/C9H15NS/c1-2-8-4-3-5-10(8)9-6-11-7-9/h2,8-9H,1,3-7H2. The molecule has 0 radical (unpaired) electrons. The molecule has 0 saturated carbocycles. The van der Waals surface area contributed by atoms with Gasteiger partial charge in [-0.25, -0.2) is 0 Å². The van der Waals surface area contributed by atoms with E-state index in [9.17, 15) is 0 Å². The van der Waals surface area contributed by atoms with Crippen molar-refractivity contribution in [2.24, 2.45) is 0 Å². The Hall–Kier alpha value is 0.0500. The highest BCUT2D eigenvalue weighted by atomic mass is 32.2. The van der Waals surface area contributed by atoms with Gasteiger partial charge in [0.2, 0.25) is 0 Å². The molecular formula is C9H15NS. The molecule has 62 valence electrons. The van der Waals surface area contributed by atoms with Crippen LogP contribution in [0.25, 0.3) is 0 Å². The van der Waals surface area contributed by atoms with Crippen LogP contribution in [0.1, 0.15) is 12.8 Å². The van der Waals surface area contributed by atoms with E-state index in [2.05, 4.69) is 29.3 Å². The molecule has 0 amide bonds. The lowest BCUT2D eigenvalue weighted by atomic mass is 10.2. The van der Waals surface area contributed by atoms with Gasteiger partial charge in [-0.05, 0) is 19.4 Å². The zero-order valence-electron chi connectivity index (χ0n) is 6.83. The molecule has 2 heteroatoms. The van der Waals surface area contributed by atoms with Crippen molar-refractivity contribution in [3.63, 3.8) is 0 Å². The lowest BCUT2D eigenvalue weighted by Gasteiger charge is -2.37. The third-order valence-electron chi connectivity index (χ3n) is 2.70. The summed E-state index contributed by atoms with van der Waals surface area (Å²) in [5.74, 6) is 2.70. The van der Waals surface area contributed by atoms with Gasteiger partial charge in [0.15, 0.2) is 0 Å². The van der Waals surface area contributed by atoms with Gasteiger partial charge in [0.25, 0.3) is 0 Å². The van der Waals surface area contributed by atoms with Crippen LogP contribution in [0.15, 0.2) is 12.7 Å². The molecule has 0 aromatic rings. The smallest absolute Gasteiger partial charge is 0.0282 e. The number of hydrogen-bond donors (Lipinski definition) is 0. The molecule has 0 aromatic carbocycles. The first kappa shape index (κ1) is 7.69. The van der Waals surface area contributed by atoms with Crippen molar-refractivity contribution in [2.45, 2.75) is 24.9 Å². The highest BCUT2D eigenvalue weighted by Gasteiger charge is 2.32. The maximum absolute atomic E-state index is 3.89. The summed E-state index contributed by atoms with van der Waals surface area (Å²) < 4.78 is 0. The summed E-state index contributed by atoms with van der Waals surface area (Å²) in [4.78, 5) is 2.63. The van der Waals surface area contributed by atoms with Crippen molar-refractivity contribution in [1.29, 1.82) is 0 Å². The first-order valence-corrected chi connectivity index (χ1v) is 5.53. The van der Waals surface area contributed by atoms with E-state index in [4.69, 9.17) is 0 Å². The van der Waals surface area contributed by atoms with Crippen LogP contribution < -0.4 is 0 Å². The number of thioether (sulfide) groups is 1. The molecule has 11 heavy (non-hydrogen) atoms. The minimum Gasteiger partial charge on any atom is -0.292 e. The molecule has 0 aromatic heterocycles. The van der Waals surface area contributed by atoms with Crippen LogP contribution in [0.3, 0.4) is 0 Å². The second kappa shape index (κ2) is 3.20. The summed E-state index contributed by atoms with van der Waals surface area (Å²) >= 11 is 2.07. The molecule has 2 saturated heterocycles. The quantitative estimate of drug-likeness (QED) is 0.579. The molecule has 2 fully saturated rings. The highest BCUT2D eigenvalue weighted by molar-refractivity contribution is 8.00. The Morgan fingerprint density at radius 3 is 2.82 bits per heavy atom. The predicted molar refractivity (Wildman–Crippen MR) is 51.0 cm³/mol. The molecule has 0 spiro atoms. The van der Waals surface area contributed by atoms with Gasteiger partial charge in [0.05, 0.1) is 0 Å². The van der Waals surface area contributed by atoms with E-state index in [1.807, 2.05) is 0 Å². The summed E-state index contributed by atoms with van der Waals surface area (Å²) in [7, 11) is 0. The van der Waals surface area contributed by atoms with E-state index < -0.39 is 0 Å². The molecule has 0 bridgehead atoms. The minimum absolute atomic E-state index is 0.695. The van der Waals surface area contributed by atoms with E-state index in [-0.39, 0.29) is 0 Å². The fourth-order valence-electron chi connectivity index (χ4n) is 1.94. The van der Waals surface area contributed by atoms with Gasteiger partial charge in [0.1, 0.15) is 0 Å². The van der Waals surface area contributed by atoms with Crippen molar-refractivity contribution in [3.8, 4) is 0 Å². The van der Waals surface area contributed by atoms with Gasteiger partial charge in [0, 0.05) is 23.6 Å². The third kappa shape index (κ3) is 1.34. The number of likely N-dealkylation sites (tertiary alicyclic amines) is 1. The van der Waals surface area contributed by atoms with Crippen LogP contribution in [0.5, 0.6) is 0 Å². The van der Waals surface area contributed by atoms with Crippen molar-refractivity contribution >= 4 is 11.8 Å². The Morgan fingerprint density at radius 2 is 2.27 bits per heavy atom. The summed E-state index contributed by atoms with van der Waals surface area (Å²) in [5, 5.41) is 0. The van der Waals surface area contributed by atoms with Gasteiger partial charge in [-0.3, -0.25) is 4.90 Å². The van der Waals surface area contributed by atoms with Crippen LogP contribution in [-0.2, 0) is 0 Å². The average molecular weight is 169 g/mol. The Kier molecular flexibility index (Phi) is 2.23. The fourth-order valence-corrected chi connectivity index (χ4v) is 2.77. The Labute approximate surface area is 72.8 Å². The molecule has 1 nitrogen and oxygen atoms in total.